The first kappa shape index (κ1) is 26.4. The molecule has 1 fully saturated rings. The van der Waals surface area contributed by atoms with Crippen molar-refractivity contribution < 1.29 is 9.59 Å². The highest BCUT2D eigenvalue weighted by Crippen LogP contribution is 2.39. The molecule has 0 aliphatic heterocycles. The first-order valence-corrected chi connectivity index (χ1v) is 12.7. The maximum absolute atomic E-state index is 13.3. The van der Waals surface area contributed by atoms with Crippen LogP contribution in [0.15, 0.2) is 58.1 Å². The van der Waals surface area contributed by atoms with E-state index in [4.69, 9.17) is 11.1 Å². The fourth-order valence-corrected chi connectivity index (χ4v) is 5.15. The second-order valence-electron chi connectivity index (χ2n) is 9.99. The summed E-state index contributed by atoms with van der Waals surface area (Å²) in [5, 5.41) is 10.5. The van der Waals surface area contributed by atoms with Gasteiger partial charge in [-0.1, -0.05) is 39.0 Å². The van der Waals surface area contributed by atoms with Crippen molar-refractivity contribution >= 4 is 29.2 Å². The molecule has 0 spiro atoms. The van der Waals surface area contributed by atoms with E-state index in [0.717, 1.165) is 36.1 Å². The average molecular weight is 495 g/mol. The summed E-state index contributed by atoms with van der Waals surface area (Å²) in [6, 6.07) is 11.2. The molecule has 0 radical (unpaired) electrons. The van der Waals surface area contributed by atoms with Gasteiger partial charge in [0.25, 0.3) is 12.2 Å². The van der Waals surface area contributed by atoms with Crippen molar-refractivity contribution in [2.24, 2.45) is 21.6 Å². The third-order valence-corrected chi connectivity index (χ3v) is 7.49. The second-order valence-corrected chi connectivity index (χ2v) is 11.0. The zero-order valence-corrected chi connectivity index (χ0v) is 21.3. The first-order valence-electron chi connectivity index (χ1n) is 11.9. The van der Waals surface area contributed by atoms with Crippen LogP contribution >= 0.6 is 11.3 Å². The van der Waals surface area contributed by atoms with E-state index in [9.17, 15) is 9.59 Å². The van der Waals surface area contributed by atoms with Crippen LogP contribution in [0.4, 0.5) is 0 Å². The van der Waals surface area contributed by atoms with E-state index in [-0.39, 0.29) is 17.4 Å². The minimum atomic E-state index is -1.21. The Morgan fingerprint density at radius 2 is 1.77 bits per heavy atom. The largest absolute Gasteiger partial charge is 0.332 e. The number of carbonyl (C=O) groups excluding carboxylic acids is 2. The number of amides is 2. The van der Waals surface area contributed by atoms with E-state index in [2.05, 4.69) is 36.3 Å². The number of thiophene rings is 1. The number of hydrogen-bond donors (Lipinski definition) is 3. The van der Waals surface area contributed by atoms with Crippen molar-refractivity contribution in [1.82, 2.24) is 10.2 Å². The van der Waals surface area contributed by atoms with Crippen molar-refractivity contribution in [1.29, 1.82) is 11.1 Å². The molecular weight excluding hydrogens is 460 g/mol. The molecule has 1 saturated carbocycles. The van der Waals surface area contributed by atoms with Gasteiger partial charge in [-0.2, -0.15) is 0 Å². The molecular formula is C26H34N6O2S. The standard InChI is InChI=1S/C26H34N6O2S/c1-26(2,3)20-10-12-21(13-11-20)32(23(33)15-14-22-5-4-16-35-22)17-18-6-8-19(9-7-18)24(34)29-25(30-27)31-28/h4-9,14-16,20-21,25,27-28H,10-13,17H2,1-3H3,(H,29,34). The van der Waals surface area contributed by atoms with Crippen LogP contribution in [0.5, 0.6) is 0 Å². The molecule has 2 amide bonds. The van der Waals surface area contributed by atoms with Gasteiger partial charge >= 0.3 is 0 Å². The van der Waals surface area contributed by atoms with Crippen LogP contribution in [0.1, 0.15) is 67.3 Å². The number of nitrogens with one attached hydrogen (secondary N) is 3. The summed E-state index contributed by atoms with van der Waals surface area (Å²) in [5.74, 6) is 0.196. The molecule has 2 aromatic rings. The summed E-state index contributed by atoms with van der Waals surface area (Å²) >= 11 is 1.60. The molecule has 35 heavy (non-hydrogen) atoms. The Morgan fingerprint density at radius 3 is 2.31 bits per heavy atom. The number of hydrogen-bond acceptors (Lipinski definition) is 7. The molecule has 1 aliphatic rings. The second kappa shape index (κ2) is 12.0. The molecule has 9 heteroatoms. The van der Waals surface area contributed by atoms with Gasteiger partial charge in [0, 0.05) is 29.1 Å². The Balaban J connectivity index is 1.74. The van der Waals surface area contributed by atoms with Crippen LogP contribution in [0.2, 0.25) is 0 Å². The van der Waals surface area contributed by atoms with E-state index in [1.165, 1.54) is 0 Å². The van der Waals surface area contributed by atoms with E-state index < -0.39 is 12.2 Å². The van der Waals surface area contributed by atoms with Crippen molar-refractivity contribution in [3.63, 3.8) is 0 Å². The fraction of sp³-hybridized carbons (Fsp3) is 0.462. The Hall–Kier alpha value is -3.20. The van der Waals surface area contributed by atoms with Crippen LogP contribution < -0.4 is 5.32 Å². The van der Waals surface area contributed by atoms with Gasteiger partial charge in [0.2, 0.25) is 5.91 Å². The Bertz CT molecular complexity index is 1030. The number of benzene rings is 1. The third-order valence-electron chi connectivity index (χ3n) is 6.65. The number of carbonyl (C=O) groups is 2. The molecule has 8 nitrogen and oxygen atoms in total. The van der Waals surface area contributed by atoms with E-state index >= 15 is 0 Å². The predicted octanol–water partition coefficient (Wildman–Crippen LogP) is 6.47. The molecule has 3 N–H and O–H groups in total. The molecule has 0 unspecified atom stereocenters. The molecule has 186 valence electrons. The summed E-state index contributed by atoms with van der Waals surface area (Å²) in [6.45, 7) is 7.34. The highest BCUT2D eigenvalue weighted by Gasteiger charge is 2.33. The van der Waals surface area contributed by atoms with E-state index in [0.29, 0.717) is 18.0 Å². The number of rotatable bonds is 9. The lowest BCUT2D eigenvalue weighted by molar-refractivity contribution is -0.130. The fourth-order valence-electron chi connectivity index (χ4n) is 4.53. The lowest BCUT2D eigenvalue weighted by atomic mass is 9.71. The quantitative estimate of drug-likeness (QED) is 0.273. The Labute approximate surface area is 210 Å². The lowest BCUT2D eigenvalue weighted by Crippen LogP contribution is -2.42. The molecule has 1 aromatic heterocycles. The van der Waals surface area contributed by atoms with Crippen LogP contribution in [-0.2, 0) is 11.3 Å². The topological polar surface area (TPSA) is 122 Å². The van der Waals surface area contributed by atoms with Gasteiger partial charge in [0.15, 0.2) is 0 Å². The average Bonchev–Trinajstić information content (AvgIpc) is 3.38. The van der Waals surface area contributed by atoms with E-state index in [1.54, 1.807) is 29.5 Å². The first-order chi connectivity index (χ1) is 16.7. The summed E-state index contributed by atoms with van der Waals surface area (Å²) in [6.07, 6.45) is 6.50. The molecule has 3 rings (SSSR count). The molecule has 1 aromatic carbocycles. The minimum absolute atomic E-state index is 0.00335. The smallest absolute Gasteiger partial charge is 0.254 e. The maximum atomic E-state index is 13.3. The zero-order valence-electron chi connectivity index (χ0n) is 20.5. The van der Waals surface area contributed by atoms with Gasteiger partial charge in [-0.3, -0.25) is 9.59 Å². The van der Waals surface area contributed by atoms with Crippen LogP contribution in [0.25, 0.3) is 6.08 Å². The number of nitrogens with zero attached hydrogens (tertiary/aromatic N) is 3. The monoisotopic (exact) mass is 494 g/mol. The maximum Gasteiger partial charge on any atom is 0.254 e. The van der Waals surface area contributed by atoms with Crippen LogP contribution in [0, 0.1) is 22.4 Å². The molecule has 0 bridgehead atoms. The van der Waals surface area contributed by atoms with Crippen LogP contribution in [0.3, 0.4) is 0 Å². The summed E-state index contributed by atoms with van der Waals surface area (Å²) in [5.41, 5.74) is 15.5. The Kier molecular flexibility index (Phi) is 9.03. The van der Waals surface area contributed by atoms with Crippen LogP contribution in [-0.4, -0.2) is 29.0 Å². The molecule has 0 saturated heterocycles. The van der Waals surface area contributed by atoms with E-state index in [1.807, 2.05) is 40.6 Å². The normalized spacial score (nSPS) is 19.2. The summed E-state index contributed by atoms with van der Waals surface area (Å²) in [7, 11) is 0. The van der Waals surface area contributed by atoms with Gasteiger partial charge < -0.3 is 10.2 Å². The van der Waals surface area contributed by atoms with Gasteiger partial charge in [0.1, 0.15) is 0 Å². The van der Waals surface area contributed by atoms with Gasteiger partial charge in [-0.15, -0.1) is 21.6 Å². The minimum Gasteiger partial charge on any atom is -0.332 e. The van der Waals surface area contributed by atoms with Gasteiger partial charge in [-0.25, -0.2) is 11.1 Å². The Morgan fingerprint density at radius 1 is 1.11 bits per heavy atom. The summed E-state index contributed by atoms with van der Waals surface area (Å²) in [4.78, 5) is 28.6. The van der Waals surface area contributed by atoms with Gasteiger partial charge in [0.05, 0.1) is 0 Å². The lowest BCUT2D eigenvalue weighted by Gasteiger charge is -2.41. The highest BCUT2D eigenvalue weighted by molar-refractivity contribution is 7.10. The summed E-state index contributed by atoms with van der Waals surface area (Å²) < 4.78 is 0. The van der Waals surface area contributed by atoms with Crippen molar-refractivity contribution in [3.05, 3.63) is 63.9 Å². The van der Waals surface area contributed by atoms with Crippen molar-refractivity contribution in [3.8, 4) is 0 Å². The SMILES string of the molecule is CC(C)(C)C1CCC(N(Cc2ccc(C(=O)NC(N=N)N=N)cc2)C(=O)C=Cc2cccs2)CC1. The molecule has 1 aliphatic carbocycles. The highest BCUT2D eigenvalue weighted by atomic mass is 32.1. The van der Waals surface area contributed by atoms with Crippen molar-refractivity contribution in [2.45, 2.75) is 65.3 Å². The third kappa shape index (κ3) is 7.39. The van der Waals surface area contributed by atoms with Crippen molar-refractivity contribution in [2.75, 3.05) is 0 Å². The molecule has 0 atom stereocenters. The van der Waals surface area contributed by atoms with Gasteiger partial charge in [-0.05, 0) is 72.2 Å². The molecule has 1 heterocycles. The predicted molar refractivity (Wildman–Crippen MR) is 137 cm³/mol. The zero-order chi connectivity index (χ0) is 25.4.